The summed E-state index contributed by atoms with van der Waals surface area (Å²) in [5, 5.41) is 9.38. The zero-order valence-corrected chi connectivity index (χ0v) is 16.6. The molecule has 5 nitrogen and oxygen atoms in total. The first-order chi connectivity index (χ1) is 13.4. The standard InChI is InChI=1S/C23H27NO4/c1-15-5-4-6-16(2)24(15)22(26)17(3)28-23(27)20-9-7-18(8-10-20)19-11-13-21(25)14-12-19/h7-17,25H,4-6H2,1-3H3/t15-,16-,17+/m0/s1. The van der Waals surface area contributed by atoms with Crippen LogP contribution in [0.25, 0.3) is 11.1 Å². The van der Waals surface area contributed by atoms with Crippen LogP contribution < -0.4 is 0 Å². The molecule has 0 spiro atoms. The van der Waals surface area contributed by atoms with E-state index in [2.05, 4.69) is 0 Å². The van der Waals surface area contributed by atoms with E-state index >= 15 is 0 Å². The smallest absolute Gasteiger partial charge is 0.338 e. The Morgan fingerprint density at radius 1 is 0.964 bits per heavy atom. The van der Waals surface area contributed by atoms with Gasteiger partial charge >= 0.3 is 5.97 Å². The lowest BCUT2D eigenvalue weighted by atomic mass is 9.97. The number of esters is 1. The second kappa shape index (κ2) is 8.46. The van der Waals surface area contributed by atoms with Crippen LogP contribution >= 0.6 is 0 Å². The molecule has 2 aromatic carbocycles. The van der Waals surface area contributed by atoms with Crippen LogP contribution in [-0.4, -0.2) is 40.1 Å². The van der Waals surface area contributed by atoms with E-state index in [0.717, 1.165) is 30.4 Å². The molecule has 1 aliphatic rings. The van der Waals surface area contributed by atoms with Gasteiger partial charge in [-0.25, -0.2) is 4.79 Å². The van der Waals surface area contributed by atoms with Crippen LogP contribution in [0.1, 0.15) is 50.4 Å². The maximum absolute atomic E-state index is 12.8. The average Bonchev–Trinajstić information content (AvgIpc) is 2.68. The Hall–Kier alpha value is -2.82. The number of likely N-dealkylation sites (tertiary alicyclic amines) is 1. The van der Waals surface area contributed by atoms with Crippen molar-refractivity contribution in [2.75, 3.05) is 0 Å². The van der Waals surface area contributed by atoms with Crippen molar-refractivity contribution in [3.05, 3.63) is 54.1 Å². The largest absolute Gasteiger partial charge is 0.508 e. The van der Waals surface area contributed by atoms with E-state index in [-0.39, 0.29) is 23.7 Å². The SMILES string of the molecule is C[C@@H](OC(=O)c1ccc(-c2ccc(O)cc2)cc1)C(=O)N1[C@@H](C)CCC[C@@H]1C. The average molecular weight is 381 g/mol. The summed E-state index contributed by atoms with van der Waals surface area (Å²) in [6.07, 6.45) is 2.27. The van der Waals surface area contributed by atoms with Crippen molar-refractivity contribution >= 4 is 11.9 Å². The molecular weight excluding hydrogens is 354 g/mol. The van der Waals surface area contributed by atoms with Gasteiger partial charge in [0.25, 0.3) is 5.91 Å². The summed E-state index contributed by atoms with van der Waals surface area (Å²) in [5.41, 5.74) is 2.27. The maximum atomic E-state index is 12.8. The lowest BCUT2D eigenvalue weighted by molar-refractivity contribution is -0.146. The van der Waals surface area contributed by atoms with Crippen molar-refractivity contribution in [1.29, 1.82) is 0 Å². The molecule has 1 aliphatic heterocycles. The summed E-state index contributed by atoms with van der Waals surface area (Å²) in [6.45, 7) is 5.73. The number of carbonyl (C=O) groups excluding carboxylic acids is 2. The van der Waals surface area contributed by atoms with Crippen molar-refractivity contribution in [2.45, 2.75) is 58.2 Å². The number of piperidine rings is 1. The molecule has 28 heavy (non-hydrogen) atoms. The highest BCUT2D eigenvalue weighted by atomic mass is 16.5. The van der Waals surface area contributed by atoms with E-state index in [0.29, 0.717) is 5.56 Å². The van der Waals surface area contributed by atoms with Gasteiger partial charge in [0, 0.05) is 12.1 Å². The molecule has 1 N–H and O–H groups in total. The van der Waals surface area contributed by atoms with Gasteiger partial charge < -0.3 is 14.7 Å². The Kier molecular flexibility index (Phi) is 6.02. The minimum absolute atomic E-state index is 0.131. The van der Waals surface area contributed by atoms with Crippen molar-refractivity contribution in [1.82, 2.24) is 4.90 Å². The molecule has 0 aromatic heterocycles. The zero-order chi connectivity index (χ0) is 20.3. The number of phenols is 1. The molecule has 2 aromatic rings. The molecule has 1 heterocycles. The molecule has 0 bridgehead atoms. The molecule has 148 valence electrons. The molecular formula is C23H27NO4. The summed E-state index contributed by atoms with van der Waals surface area (Å²) in [5.74, 6) is -0.427. The number of ether oxygens (including phenoxy) is 1. The van der Waals surface area contributed by atoms with Gasteiger partial charge in [-0.3, -0.25) is 4.79 Å². The molecule has 0 saturated carbocycles. The number of rotatable bonds is 4. The third-order valence-electron chi connectivity index (χ3n) is 5.40. The van der Waals surface area contributed by atoms with E-state index < -0.39 is 12.1 Å². The van der Waals surface area contributed by atoms with E-state index in [9.17, 15) is 14.7 Å². The van der Waals surface area contributed by atoms with Gasteiger partial charge in [0.15, 0.2) is 6.10 Å². The predicted octanol–water partition coefficient (Wildman–Crippen LogP) is 4.39. The van der Waals surface area contributed by atoms with Crippen LogP contribution in [0.15, 0.2) is 48.5 Å². The van der Waals surface area contributed by atoms with Crippen LogP contribution in [0.2, 0.25) is 0 Å². The molecule has 0 aliphatic carbocycles. The van der Waals surface area contributed by atoms with E-state index in [1.165, 1.54) is 0 Å². The first-order valence-corrected chi connectivity index (χ1v) is 9.79. The fourth-order valence-electron chi connectivity index (χ4n) is 3.80. The van der Waals surface area contributed by atoms with Crippen molar-refractivity contribution < 1.29 is 19.4 Å². The minimum atomic E-state index is -0.813. The molecule has 1 saturated heterocycles. The highest BCUT2D eigenvalue weighted by Gasteiger charge is 2.33. The van der Waals surface area contributed by atoms with Crippen LogP contribution in [0.3, 0.4) is 0 Å². The monoisotopic (exact) mass is 381 g/mol. The summed E-state index contributed by atoms with van der Waals surface area (Å²) in [4.78, 5) is 27.1. The number of hydrogen-bond acceptors (Lipinski definition) is 4. The Bertz CT molecular complexity index is 819. The molecule has 0 radical (unpaired) electrons. The second-order valence-corrected chi connectivity index (χ2v) is 7.55. The van der Waals surface area contributed by atoms with Gasteiger partial charge in [0.2, 0.25) is 0 Å². The van der Waals surface area contributed by atoms with Crippen molar-refractivity contribution in [3.63, 3.8) is 0 Å². The van der Waals surface area contributed by atoms with Crippen molar-refractivity contribution in [3.8, 4) is 16.9 Å². The van der Waals surface area contributed by atoms with Gasteiger partial charge in [0.05, 0.1) is 5.56 Å². The Morgan fingerprint density at radius 3 is 2.00 bits per heavy atom. The van der Waals surface area contributed by atoms with Gasteiger partial charge in [0.1, 0.15) is 5.75 Å². The van der Waals surface area contributed by atoms with Crippen LogP contribution in [0, 0.1) is 0 Å². The van der Waals surface area contributed by atoms with Gasteiger partial charge in [-0.2, -0.15) is 0 Å². The summed E-state index contributed by atoms with van der Waals surface area (Å²) >= 11 is 0. The molecule has 3 atom stereocenters. The number of aromatic hydroxyl groups is 1. The number of amides is 1. The van der Waals surface area contributed by atoms with Crippen LogP contribution in [0.5, 0.6) is 5.75 Å². The first kappa shape index (κ1) is 19.9. The van der Waals surface area contributed by atoms with Gasteiger partial charge in [-0.15, -0.1) is 0 Å². The van der Waals surface area contributed by atoms with Gasteiger partial charge in [-0.05, 0) is 75.4 Å². The number of hydrogen-bond donors (Lipinski definition) is 1. The number of nitrogens with zero attached hydrogens (tertiary/aromatic N) is 1. The van der Waals surface area contributed by atoms with Crippen molar-refractivity contribution in [2.24, 2.45) is 0 Å². The number of carbonyl (C=O) groups is 2. The summed E-state index contributed by atoms with van der Waals surface area (Å²) < 4.78 is 5.45. The predicted molar refractivity (Wildman–Crippen MR) is 108 cm³/mol. The van der Waals surface area contributed by atoms with E-state index in [4.69, 9.17) is 4.74 Å². The highest BCUT2D eigenvalue weighted by molar-refractivity contribution is 5.92. The molecule has 0 unspecified atom stereocenters. The molecule has 5 heteroatoms. The lowest BCUT2D eigenvalue weighted by Gasteiger charge is -2.40. The zero-order valence-electron chi connectivity index (χ0n) is 16.6. The molecule has 1 amide bonds. The third kappa shape index (κ3) is 4.35. The highest BCUT2D eigenvalue weighted by Crippen LogP contribution is 2.25. The molecule has 1 fully saturated rings. The van der Waals surface area contributed by atoms with E-state index in [1.807, 2.05) is 43.0 Å². The topological polar surface area (TPSA) is 66.8 Å². The lowest BCUT2D eigenvalue weighted by Crippen LogP contribution is -2.51. The quantitative estimate of drug-likeness (QED) is 0.798. The first-order valence-electron chi connectivity index (χ1n) is 9.79. The fourth-order valence-corrected chi connectivity index (χ4v) is 3.80. The second-order valence-electron chi connectivity index (χ2n) is 7.55. The summed E-state index contributed by atoms with van der Waals surface area (Å²) in [6, 6.07) is 14.2. The third-order valence-corrected chi connectivity index (χ3v) is 5.40. The Labute approximate surface area is 165 Å². The number of benzene rings is 2. The number of phenolic OH excluding ortho intramolecular Hbond substituents is 1. The Balaban J connectivity index is 1.65. The molecule has 3 rings (SSSR count). The van der Waals surface area contributed by atoms with Crippen LogP contribution in [-0.2, 0) is 9.53 Å². The minimum Gasteiger partial charge on any atom is -0.508 e. The van der Waals surface area contributed by atoms with Crippen LogP contribution in [0.4, 0.5) is 0 Å². The Morgan fingerprint density at radius 2 is 1.46 bits per heavy atom. The van der Waals surface area contributed by atoms with E-state index in [1.54, 1.807) is 31.2 Å². The fraction of sp³-hybridized carbons (Fsp3) is 0.391. The normalized spacial score (nSPS) is 20.5. The van der Waals surface area contributed by atoms with Gasteiger partial charge in [-0.1, -0.05) is 24.3 Å². The summed E-state index contributed by atoms with van der Waals surface area (Å²) in [7, 11) is 0. The maximum Gasteiger partial charge on any atom is 0.338 e.